The van der Waals surface area contributed by atoms with E-state index in [9.17, 15) is 9.18 Å². The topological polar surface area (TPSA) is 72.6 Å². The molecule has 2 unspecified atom stereocenters. The van der Waals surface area contributed by atoms with Crippen molar-refractivity contribution < 1.29 is 19.0 Å². The van der Waals surface area contributed by atoms with Gasteiger partial charge in [-0.25, -0.2) is 4.39 Å². The normalized spacial score (nSPS) is 28.0. The maximum Gasteiger partial charge on any atom is 0.323 e. The minimum Gasteiger partial charge on any atom is -0.490 e. The summed E-state index contributed by atoms with van der Waals surface area (Å²) in [6.45, 7) is 0. The van der Waals surface area contributed by atoms with E-state index in [4.69, 9.17) is 15.6 Å². The van der Waals surface area contributed by atoms with Crippen LogP contribution in [-0.2, 0) is 4.79 Å². The minimum atomic E-state index is -1.21. The number of hydrogen-bond donors (Lipinski definition) is 2. The Balaban J connectivity index is 2.01. The molecule has 92 valence electrons. The standard InChI is InChI=1S/C12H14FNO3/c13-8-2-1-3-9(6-8)17-10-4-5-12(14,7-10)11(15)16/h1-3,6,10H,4-5,7,14H2,(H,15,16). The second-order valence-electron chi connectivity index (χ2n) is 4.40. The zero-order chi connectivity index (χ0) is 12.5. The Morgan fingerprint density at radius 1 is 1.59 bits per heavy atom. The number of aliphatic carboxylic acids is 1. The average molecular weight is 239 g/mol. The molecule has 1 aromatic rings. The van der Waals surface area contributed by atoms with Crippen LogP contribution in [0.2, 0.25) is 0 Å². The number of benzene rings is 1. The van der Waals surface area contributed by atoms with Gasteiger partial charge in [0, 0.05) is 12.5 Å². The van der Waals surface area contributed by atoms with Gasteiger partial charge in [-0.05, 0) is 25.0 Å². The fraction of sp³-hybridized carbons (Fsp3) is 0.417. The van der Waals surface area contributed by atoms with Crippen molar-refractivity contribution in [1.82, 2.24) is 0 Å². The molecule has 17 heavy (non-hydrogen) atoms. The third kappa shape index (κ3) is 2.55. The molecule has 1 aliphatic carbocycles. The molecule has 4 nitrogen and oxygen atoms in total. The van der Waals surface area contributed by atoms with Crippen LogP contribution in [0.3, 0.4) is 0 Å². The van der Waals surface area contributed by atoms with Crippen molar-refractivity contribution in [3.05, 3.63) is 30.1 Å². The molecule has 0 bridgehead atoms. The highest BCUT2D eigenvalue weighted by molar-refractivity contribution is 5.79. The zero-order valence-electron chi connectivity index (χ0n) is 9.23. The highest BCUT2D eigenvalue weighted by Crippen LogP contribution is 2.31. The Morgan fingerprint density at radius 3 is 2.94 bits per heavy atom. The monoisotopic (exact) mass is 239 g/mol. The third-order valence-corrected chi connectivity index (χ3v) is 3.03. The number of carboxylic acids is 1. The fourth-order valence-electron chi connectivity index (χ4n) is 2.06. The van der Waals surface area contributed by atoms with Crippen molar-refractivity contribution in [3.63, 3.8) is 0 Å². The van der Waals surface area contributed by atoms with E-state index >= 15 is 0 Å². The summed E-state index contributed by atoms with van der Waals surface area (Å²) in [5.41, 5.74) is 4.51. The largest absolute Gasteiger partial charge is 0.490 e. The summed E-state index contributed by atoms with van der Waals surface area (Å²) in [7, 11) is 0. The molecule has 1 fully saturated rings. The summed E-state index contributed by atoms with van der Waals surface area (Å²) < 4.78 is 18.4. The smallest absolute Gasteiger partial charge is 0.323 e. The number of halogens is 1. The maximum absolute atomic E-state index is 12.9. The Morgan fingerprint density at radius 2 is 2.35 bits per heavy atom. The van der Waals surface area contributed by atoms with E-state index in [1.807, 2.05) is 0 Å². The zero-order valence-corrected chi connectivity index (χ0v) is 9.23. The van der Waals surface area contributed by atoms with Crippen molar-refractivity contribution in [2.24, 2.45) is 5.73 Å². The van der Waals surface area contributed by atoms with E-state index in [0.717, 1.165) is 0 Å². The summed E-state index contributed by atoms with van der Waals surface area (Å²) in [6, 6.07) is 5.79. The van der Waals surface area contributed by atoms with Gasteiger partial charge in [-0.3, -0.25) is 4.79 Å². The lowest BCUT2D eigenvalue weighted by atomic mass is 10.00. The van der Waals surface area contributed by atoms with Crippen molar-refractivity contribution in [2.45, 2.75) is 30.9 Å². The lowest BCUT2D eigenvalue weighted by molar-refractivity contribution is -0.143. The molecular weight excluding hydrogens is 225 g/mol. The Bertz CT molecular complexity index is 438. The van der Waals surface area contributed by atoms with Crippen LogP contribution in [0.4, 0.5) is 4.39 Å². The van der Waals surface area contributed by atoms with Crippen molar-refractivity contribution >= 4 is 5.97 Å². The van der Waals surface area contributed by atoms with Crippen LogP contribution in [0.25, 0.3) is 0 Å². The van der Waals surface area contributed by atoms with Gasteiger partial charge in [0.2, 0.25) is 0 Å². The molecule has 0 aromatic heterocycles. The SMILES string of the molecule is NC1(C(=O)O)CCC(Oc2cccc(F)c2)C1. The van der Waals surface area contributed by atoms with Gasteiger partial charge >= 0.3 is 5.97 Å². The van der Waals surface area contributed by atoms with Gasteiger partial charge in [0.25, 0.3) is 0 Å². The fourth-order valence-corrected chi connectivity index (χ4v) is 2.06. The van der Waals surface area contributed by atoms with Gasteiger partial charge in [0.1, 0.15) is 23.2 Å². The number of hydrogen-bond acceptors (Lipinski definition) is 3. The van der Waals surface area contributed by atoms with E-state index in [0.29, 0.717) is 18.6 Å². The van der Waals surface area contributed by atoms with Crippen molar-refractivity contribution in [1.29, 1.82) is 0 Å². The van der Waals surface area contributed by atoms with Crippen molar-refractivity contribution in [2.75, 3.05) is 0 Å². The first kappa shape index (κ1) is 11.9. The van der Waals surface area contributed by atoms with Crippen LogP contribution in [0.15, 0.2) is 24.3 Å². The van der Waals surface area contributed by atoms with Crippen LogP contribution in [0, 0.1) is 5.82 Å². The average Bonchev–Trinajstić information content (AvgIpc) is 2.61. The Kier molecular flexibility index (Phi) is 3.02. The number of carboxylic acid groups (broad SMARTS) is 1. The summed E-state index contributed by atoms with van der Waals surface area (Å²) in [6.07, 6.45) is 0.929. The van der Waals surface area contributed by atoms with Crippen LogP contribution in [-0.4, -0.2) is 22.7 Å². The first-order valence-electron chi connectivity index (χ1n) is 5.44. The van der Waals surface area contributed by atoms with Crippen LogP contribution < -0.4 is 10.5 Å². The van der Waals surface area contributed by atoms with Crippen LogP contribution in [0.1, 0.15) is 19.3 Å². The second kappa shape index (κ2) is 4.33. The van der Waals surface area contributed by atoms with E-state index in [-0.39, 0.29) is 18.3 Å². The highest BCUT2D eigenvalue weighted by Gasteiger charge is 2.43. The molecule has 0 spiro atoms. The predicted octanol–water partition coefficient (Wildman–Crippen LogP) is 1.54. The number of carbonyl (C=O) groups is 1. The van der Waals surface area contributed by atoms with Gasteiger partial charge in [-0.1, -0.05) is 6.07 Å². The van der Waals surface area contributed by atoms with E-state index in [1.165, 1.54) is 12.1 Å². The summed E-state index contributed by atoms with van der Waals surface area (Å²) in [5.74, 6) is -0.981. The lowest BCUT2D eigenvalue weighted by Crippen LogP contribution is -2.46. The first-order chi connectivity index (χ1) is 7.99. The van der Waals surface area contributed by atoms with Crippen molar-refractivity contribution in [3.8, 4) is 5.75 Å². The summed E-state index contributed by atoms with van der Waals surface area (Å²) >= 11 is 0. The number of rotatable bonds is 3. The molecule has 1 aliphatic rings. The third-order valence-electron chi connectivity index (χ3n) is 3.03. The highest BCUT2D eigenvalue weighted by atomic mass is 19.1. The predicted molar refractivity (Wildman–Crippen MR) is 59.2 cm³/mol. The second-order valence-corrected chi connectivity index (χ2v) is 4.40. The quantitative estimate of drug-likeness (QED) is 0.839. The number of ether oxygens (including phenoxy) is 1. The van der Waals surface area contributed by atoms with Gasteiger partial charge in [-0.15, -0.1) is 0 Å². The maximum atomic E-state index is 12.9. The Hall–Kier alpha value is -1.62. The van der Waals surface area contributed by atoms with E-state index in [1.54, 1.807) is 12.1 Å². The van der Waals surface area contributed by atoms with Crippen LogP contribution >= 0.6 is 0 Å². The molecule has 3 N–H and O–H groups in total. The molecule has 1 saturated carbocycles. The molecule has 0 saturated heterocycles. The summed E-state index contributed by atoms with van der Waals surface area (Å²) in [4.78, 5) is 10.9. The molecule has 1 aromatic carbocycles. The summed E-state index contributed by atoms with van der Waals surface area (Å²) in [5, 5.41) is 8.96. The van der Waals surface area contributed by atoms with E-state index < -0.39 is 11.5 Å². The molecule has 0 aliphatic heterocycles. The van der Waals surface area contributed by atoms with Gasteiger partial charge < -0.3 is 15.6 Å². The lowest BCUT2D eigenvalue weighted by Gasteiger charge is -2.18. The molecule has 2 atom stereocenters. The first-order valence-corrected chi connectivity index (χ1v) is 5.44. The molecule has 0 radical (unpaired) electrons. The van der Waals surface area contributed by atoms with Gasteiger partial charge in [0.05, 0.1) is 0 Å². The molecule has 2 rings (SSSR count). The molecule has 0 heterocycles. The molecule has 5 heteroatoms. The van der Waals surface area contributed by atoms with E-state index in [2.05, 4.69) is 0 Å². The minimum absolute atomic E-state index is 0.249. The molecule has 0 amide bonds. The van der Waals surface area contributed by atoms with Crippen LogP contribution in [0.5, 0.6) is 5.75 Å². The molecular formula is C12H14FNO3. The number of nitrogens with two attached hydrogens (primary N) is 1. The Labute approximate surface area is 98.2 Å². The van der Waals surface area contributed by atoms with Gasteiger partial charge in [-0.2, -0.15) is 0 Å². The van der Waals surface area contributed by atoms with Gasteiger partial charge in [0.15, 0.2) is 0 Å².